The van der Waals surface area contributed by atoms with Gasteiger partial charge in [-0.2, -0.15) is 0 Å². The molecule has 0 N–H and O–H groups in total. The third kappa shape index (κ3) is 3.10. The Morgan fingerprint density at radius 2 is 1.56 bits per heavy atom. The molecule has 0 bridgehead atoms. The molecule has 4 rings (SSSR count). The number of fused-ring (bicyclic) bond motifs is 1. The summed E-state index contributed by atoms with van der Waals surface area (Å²) in [7, 11) is 0. The number of halogens is 3. The number of hydrogen-bond donors (Lipinski definition) is 0. The smallest absolute Gasteiger partial charge is 0.259 e. The van der Waals surface area contributed by atoms with Gasteiger partial charge in [-0.15, -0.1) is 0 Å². The molecule has 0 spiro atoms. The van der Waals surface area contributed by atoms with E-state index in [1.807, 2.05) is 24.3 Å². The Balaban J connectivity index is 1.87. The van der Waals surface area contributed by atoms with Gasteiger partial charge in [-0.25, -0.2) is 8.78 Å². The molecule has 0 aromatic heterocycles. The zero-order valence-corrected chi connectivity index (χ0v) is 15.1. The summed E-state index contributed by atoms with van der Waals surface area (Å²) in [5.74, 6) is -1.63. The Labute approximate surface area is 161 Å². The molecule has 1 aliphatic heterocycles. The number of benzene rings is 3. The minimum absolute atomic E-state index is 0.0474. The molecule has 1 aliphatic rings. The highest BCUT2D eigenvalue weighted by molar-refractivity contribution is 6.33. The summed E-state index contributed by atoms with van der Waals surface area (Å²) >= 11 is 6.11. The van der Waals surface area contributed by atoms with Crippen molar-refractivity contribution in [2.24, 2.45) is 0 Å². The van der Waals surface area contributed by atoms with Gasteiger partial charge in [0.05, 0.1) is 16.6 Å². The van der Waals surface area contributed by atoms with E-state index in [1.54, 1.807) is 18.2 Å². The van der Waals surface area contributed by atoms with Gasteiger partial charge in [0, 0.05) is 12.1 Å². The minimum atomic E-state index is -0.682. The van der Waals surface area contributed by atoms with Gasteiger partial charge >= 0.3 is 0 Å². The van der Waals surface area contributed by atoms with Crippen LogP contribution in [0.2, 0.25) is 5.02 Å². The van der Waals surface area contributed by atoms with Crippen molar-refractivity contribution in [3.63, 3.8) is 0 Å². The lowest BCUT2D eigenvalue weighted by Gasteiger charge is -2.38. The molecule has 3 aromatic carbocycles. The van der Waals surface area contributed by atoms with Crippen LogP contribution in [0.1, 0.15) is 33.1 Å². The maximum absolute atomic E-state index is 14.6. The van der Waals surface area contributed by atoms with Gasteiger partial charge in [0.25, 0.3) is 5.91 Å². The van der Waals surface area contributed by atoms with Crippen LogP contribution in [0.3, 0.4) is 0 Å². The van der Waals surface area contributed by atoms with E-state index in [0.717, 1.165) is 11.1 Å². The summed E-state index contributed by atoms with van der Waals surface area (Å²) in [6.07, 6.45) is 0.610. The van der Waals surface area contributed by atoms with E-state index in [0.29, 0.717) is 18.5 Å². The number of carbonyl (C=O) groups excluding carboxylic acids is 1. The van der Waals surface area contributed by atoms with E-state index in [1.165, 1.54) is 29.2 Å². The monoisotopic (exact) mass is 383 g/mol. The Hall–Kier alpha value is -2.72. The molecule has 2 nitrogen and oxygen atoms in total. The van der Waals surface area contributed by atoms with Crippen molar-refractivity contribution in [2.75, 3.05) is 6.54 Å². The van der Waals surface area contributed by atoms with Gasteiger partial charge in [-0.05, 0) is 35.7 Å². The van der Waals surface area contributed by atoms with Crippen molar-refractivity contribution in [2.45, 2.75) is 12.5 Å². The van der Waals surface area contributed by atoms with E-state index in [4.69, 9.17) is 11.6 Å². The molecule has 0 unspecified atom stereocenters. The van der Waals surface area contributed by atoms with Crippen molar-refractivity contribution < 1.29 is 13.6 Å². The summed E-state index contributed by atoms with van der Waals surface area (Å²) in [5, 5.41) is 0.0474. The Kier molecular flexibility index (Phi) is 4.66. The molecule has 0 saturated carbocycles. The predicted octanol–water partition coefficient (Wildman–Crippen LogP) is 5.41. The Morgan fingerprint density at radius 3 is 2.30 bits per heavy atom. The Morgan fingerprint density at radius 1 is 0.889 bits per heavy atom. The van der Waals surface area contributed by atoms with Gasteiger partial charge in [-0.1, -0.05) is 60.1 Å². The maximum atomic E-state index is 14.6. The van der Waals surface area contributed by atoms with Crippen LogP contribution in [0.25, 0.3) is 0 Å². The van der Waals surface area contributed by atoms with Crippen molar-refractivity contribution >= 4 is 17.5 Å². The number of rotatable bonds is 2. The lowest BCUT2D eigenvalue weighted by molar-refractivity contribution is 0.0687. The quantitative estimate of drug-likeness (QED) is 0.579. The summed E-state index contributed by atoms with van der Waals surface area (Å²) in [6.45, 7) is 0.347. The van der Waals surface area contributed by atoms with Crippen LogP contribution in [0.15, 0.2) is 66.7 Å². The summed E-state index contributed by atoms with van der Waals surface area (Å²) in [5.41, 5.74) is 2.09. The van der Waals surface area contributed by atoms with Crippen molar-refractivity contribution in [1.29, 1.82) is 0 Å². The summed E-state index contributed by atoms with van der Waals surface area (Å²) in [6, 6.07) is 17.5. The molecule has 0 saturated heterocycles. The standard InChI is InChI=1S/C22H16ClF2NO/c23-17-9-5-11-19(25)20(17)22(27)26-13-12-14-6-1-2-7-15(14)21(26)16-8-3-4-10-18(16)24/h1-11,21H,12-13H2/t21-/m1/s1. The van der Waals surface area contributed by atoms with Crippen LogP contribution in [0.4, 0.5) is 8.78 Å². The fourth-order valence-electron chi connectivity index (χ4n) is 3.66. The highest BCUT2D eigenvalue weighted by atomic mass is 35.5. The first kappa shape index (κ1) is 17.7. The molecule has 1 heterocycles. The zero-order chi connectivity index (χ0) is 19.0. The fourth-order valence-corrected chi connectivity index (χ4v) is 3.91. The van der Waals surface area contributed by atoms with E-state index in [-0.39, 0.29) is 10.6 Å². The van der Waals surface area contributed by atoms with Gasteiger partial charge in [0.1, 0.15) is 11.6 Å². The first-order valence-electron chi connectivity index (χ1n) is 8.65. The van der Waals surface area contributed by atoms with Crippen LogP contribution in [0, 0.1) is 11.6 Å². The first-order valence-corrected chi connectivity index (χ1v) is 9.03. The average molecular weight is 384 g/mol. The van der Waals surface area contributed by atoms with Crippen LogP contribution < -0.4 is 0 Å². The molecule has 0 aliphatic carbocycles. The third-order valence-corrected chi connectivity index (χ3v) is 5.24. The molecule has 1 amide bonds. The van der Waals surface area contributed by atoms with Gasteiger partial charge < -0.3 is 4.90 Å². The Bertz CT molecular complexity index is 1000. The van der Waals surface area contributed by atoms with Crippen LogP contribution in [-0.2, 0) is 6.42 Å². The molecule has 5 heteroatoms. The first-order chi connectivity index (χ1) is 13.1. The molecule has 0 radical (unpaired) electrons. The van der Waals surface area contributed by atoms with E-state index in [2.05, 4.69) is 0 Å². The van der Waals surface area contributed by atoms with Gasteiger partial charge in [-0.3, -0.25) is 4.79 Å². The van der Waals surface area contributed by atoms with Crippen LogP contribution in [-0.4, -0.2) is 17.4 Å². The van der Waals surface area contributed by atoms with Crippen LogP contribution in [0.5, 0.6) is 0 Å². The molecular formula is C22H16ClF2NO. The van der Waals surface area contributed by atoms with Crippen molar-refractivity contribution in [3.05, 3.63) is 106 Å². The highest BCUT2D eigenvalue weighted by Gasteiger charge is 2.35. The van der Waals surface area contributed by atoms with Crippen molar-refractivity contribution in [3.8, 4) is 0 Å². The molecule has 0 fully saturated rings. The second kappa shape index (κ2) is 7.12. The highest BCUT2D eigenvalue weighted by Crippen LogP contribution is 2.38. The third-order valence-electron chi connectivity index (χ3n) is 4.92. The SMILES string of the molecule is O=C(c1c(F)cccc1Cl)N1CCc2ccccc2[C@@H]1c1ccccc1F. The van der Waals surface area contributed by atoms with Gasteiger partial charge in [0.15, 0.2) is 0 Å². The fraction of sp³-hybridized carbons (Fsp3) is 0.136. The lowest BCUT2D eigenvalue weighted by Crippen LogP contribution is -2.41. The molecule has 1 atom stereocenters. The summed E-state index contributed by atoms with van der Waals surface area (Å²) in [4.78, 5) is 14.7. The second-order valence-electron chi connectivity index (χ2n) is 6.47. The number of nitrogens with zero attached hydrogens (tertiary/aromatic N) is 1. The summed E-state index contributed by atoms with van der Waals surface area (Å²) < 4.78 is 29.0. The number of carbonyl (C=O) groups is 1. The molecule has 3 aromatic rings. The van der Waals surface area contributed by atoms with E-state index in [9.17, 15) is 13.6 Å². The van der Waals surface area contributed by atoms with Crippen LogP contribution >= 0.6 is 11.6 Å². The topological polar surface area (TPSA) is 20.3 Å². The predicted molar refractivity (Wildman–Crippen MR) is 101 cm³/mol. The number of hydrogen-bond acceptors (Lipinski definition) is 1. The maximum Gasteiger partial charge on any atom is 0.259 e. The molecule has 136 valence electrons. The van der Waals surface area contributed by atoms with Gasteiger partial charge in [0.2, 0.25) is 0 Å². The van der Waals surface area contributed by atoms with Crippen molar-refractivity contribution in [1.82, 2.24) is 4.90 Å². The lowest BCUT2D eigenvalue weighted by atomic mass is 9.87. The average Bonchev–Trinajstić information content (AvgIpc) is 2.67. The van der Waals surface area contributed by atoms with E-state index < -0.39 is 23.6 Å². The molecular weight excluding hydrogens is 368 g/mol. The van der Waals surface area contributed by atoms with E-state index >= 15 is 0 Å². The second-order valence-corrected chi connectivity index (χ2v) is 6.88. The number of amides is 1. The molecule has 27 heavy (non-hydrogen) atoms. The normalized spacial score (nSPS) is 16.1. The largest absolute Gasteiger partial charge is 0.327 e. The zero-order valence-electron chi connectivity index (χ0n) is 14.3. The minimum Gasteiger partial charge on any atom is -0.327 e.